The number of benzene rings is 3. The minimum Gasteiger partial charge on any atom is -0.456 e. The van der Waals surface area contributed by atoms with E-state index in [1.54, 1.807) is 18.5 Å². The molecule has 0 fully saturated rings. The van der Waals surface area contributed by atoms with Crippen LogP contribution in [0.1, 0.15) is 47.1 Å². The summed E-state index contributed by atoms with van der Waals surface area (Å²) in [6.07, 6.45) is 3.47. The van der Waals surface area contributed by atoms with Gasteiger partial charge in [0.05, 0.1) is 11.3 Å². The summed E-state index contributed by atoms with van der Waals surface area (Å²) in [5.41, 5.74) is 5.06. The molecule has 3 aromatic carbocycles. The van der Waals surface area contributed by atoms with Crippen LogP contribution in [0.5, 0.6) is 0 Å². The van der Waals surface area contributed by atoms with E-state index in [2.05, 4.69) is 10.3 Å². The number of hydrogen-bond donors (Lipinski definition) is 1. The van der Waals surface area contributed by atoms with Crippen LogP contribution < -0.4 is 5.32 Å². The number of hydrogen-bond acceptors (Lipinski definition) is 4. The Hall–Kier alpha value is -4.25. The number of nitrogens with one attached hydrogen (secondary N) is 1. The number of rotatable bonds is 5. The smallest absolute Gasteiger partial charge is 0.340 e. The minimum absolute atomic E-state index is 0.300. The van der Waals surface area contributed by atoms with Crippen LogP contribution in [-0.4, -0.2) is 22.5 Å². The molecule has 1 heterocycles. The first-order chi connectivity index (χ1) is 16.7. The van der Waals surface area contributed by atoms with Crippen molar-refractivity contribution in [1.82, 2.24) is 4.98 Å². The maximum Gasteiger partial charge on any atom is 0.340 e. The van der Waals surface area contributed by atoms with E-state index in [0.29, 0.717) is 16.8 Å². The zero-order valence-corrected chi connectivity index (χ0v) is 20.3. The summed E-state index contributed by atoms with van der Waals surface area (Å²) in [4.78, 5) is 30.6. The second kappa shape index (κ2) is 9.94. The van der Waals surface area contributed by atoms with Crippen molar-refractivity contribution in [3.8, 4) is 22.3 Å². The monoisotopic (exact) mass is 464 g/mol. The van der Waals surface area contributed by atoms with Crippen LogP contribution in [0, 0.1) is 6.92 Å². The molecule has 5 heteroatoms. The topological polar surface area (TPSA) is 68.3 Å². The molecule has 35 heavy (non-hydrogen) atoms. The van der Waals surface area contributed by atoms with Crippen molar-refractivity contribution >= 4 is 17.6 Å². The predicted molar refractivity (Wildman–Crippen MR) is 139 cm³/mol. The second-order valence-corrected chi connectivity index (χ2v) is 9.35. The highest BCUT2D eigenvalue weighted by Crippen LogP contribution is 2.29. The molecule has 0 bridgehead atoms. The molecule has 0 atom stereocenters. The molecule has 0 aliphatic rings. The molecule has 4 aromatic rings. The molecule has 0 unspecified atom stereocenters. The summed E-state index contributed by atoms with van der Waals surface area (Å²) in [6, 6.07) is 24.7. The number of carbonyl (C=O) groups excluding carboxylic acids is 2. The Balaban J connectivity index is 1.72. The fourth-order valence-corrected chi connectivity index (χ4v) is 3.74. The summed E-state index contributed by atoms with van der Waals surface area (Å²) >= 11 is 0. The Morgan fingerprint density at radius 1 is 0.771 bits per heavy atom. The van der Waals surface area contributed by atoms with Gasteiger partial charge in [-0.3, -0.25) is 9.78 Å². The number of anilines is 1. The number of aromatic nitrogens is 1. The fraction of sp³-hybridized carbons (Fsp3) is 0.167. The summed E-state index contributed by atoms with van der Waals surface area (Å²) in [5, 5.41) is 2.97. The maximum absolute atomic E-state index is 13.4. The fourth-order valence-electron chi connectivity index (χ4n) is 3.74. The summed E-state index contributed by atoms with van der Waals surface area (Å²) < 4.78 is 5.60. The van der Waals surface area contributed by atoms with Gasteiger partial charge in [0, 0.05) is 23.5 Å². The van der Waals surface area contributed by atoms with Gasteiger partial charge in [0.15, 0.2) is 0 Å². The third kappa shape index (κ3) is 5.82. The Morgan fingerprint density at radius 3 is 2.14 bits per heavy atom. The van der Waals surface area contributed by atoms with Gasteiger partial charge in [0.25, 0.3) is 5.91 Å². The highest BCUT2D eigenvalue weighted by molar-refractivity contribution is 6.09. The molecule has 4 rings (SSSR count). The molecule has 0 spiro atoms. The second-order valence-electron chi connectivity index (χ2n) is 9.35. The highest BCUT2D eigenvalue weighted by Gasteiger charge is 2.22. The van der Waals surface area contributed by atoms with Crippen LogP contribution in [-0.2, 0) is 4.74 Å². The molecule has 0 saturated carbocycles. The number of nitrogens with zero attached hydrogens (tertiary/aromatic N) is 1. The van der Waals surface area contributed by atoms with Gasteiger partial charge >= 0.3 is 5.97 Å². The van der Waals surface area contributed by atoms with E-state index >= 15 is 0 Å². The van der Waals surface area contributed by atoms with Crippen LogP contribution in [0.4, 0.5) is 5.69 Å². The number of aryl methyl sites for hydroxylation is 1. The SMILES string of the molecule is Cc1ccc(-c2cccnc2)cc1C(=O)Nc1cc(-c2ccccc2)ccc1C(=O)OC(C)(C)C. The van der Waals surface area contributed by atoms with E-state index in [1.807, 2.05) is 100 Å². The van der Waals surface area contributed by atoms with Gasteiger partial charge < -0.3 is 10.1 Å². The van der Waals surface area contributed by atoms with Gasteiger partial charge in [0.2, 0.25) is 0 Å². The molecule has 0 radical (unpaired) electrons. The molecule has 0 aliphatic heterocycles. The third-order valence-corrected chi connectivity index (χ3v) is 5.47. The van der Waals surface area contributed by atoms with Crippen molar-refractivity contribution in [1.29, 1.82) is 0 Å². The minimum atomic E-state index is -0.662. The van der Waals surface area contributed by atoms with Crippen LogP contribution in [0.2, 0.25) is 0 Å². The average Bonchev–Trinajstić information content (AvgIpc) is 2.84. The van der Waals surface area contributed by atoms with Crippen molar-refractivity contribution in [2.75, 3.05) is 5.32 Å². The molecule has 0 saturated heterocycles. The normalized spacial score (nSPS) is 11.1. The third-order valence-electron chi connectivity index (χ3n) is 5.47. The van der Waals surface area contributed by atoms with Gasteiger partial charge in [-0.15, -0.1) is 0 Å². The predicted octanol–water partition coefficient (Wildman–Crippen LogP) is 6.93. The van der Waals surface area contributed by atoms with E-state index in [4.69, 9.17) is 4.74 Å². The van der Waals surface area contributed by atoms with Gasteiger partial charge in [-0.1, -0.05) is 54.6 Å². The van der Waals surface area contributed by atoms with E-state index in [-0.39, 0.29) is 5.91 Å². The van der Waals surface area contributed by atoms with Crippen molar-refractivity contribution in [3.63, 3.8) is 0 Å². The zero-order chi connectivity index (χ0) is 25.0. The molecular weight excluding hydrogens is 436 g/mol. The van der Waals surface area contributed by atoms with E-state index in [1.165, 1.54) is 0 Å². The molecule has 0 aliphatic carbocycles. The van der Waals surface area contributed by atoms with Crippen LogP contribution in [0.25, 0.3) is 22.3 Å². The number of amides is 1. The zero-order valence-electron chi connectivity index (χ0n) is 20.3. The van der Waals surface area contributed by atoms with Crippen LogP contribution >= 0.6 is 0 Å². The van der Waals surface area contributed by atoms with Gasteiger partial charge in [-0.05, 0) is 74.2 Å². The molecule has 1 amide bonds. The summed E-state index contributed by atoms with van der Waals surface area (Å²) in [5.74, 6) is -0.795. The standard InChI is InChI=1S/C30H28N2O3/c1-20-12-13-22(24-11-8-16-31-19-24)17-26(20)28(33)32-27-18-23(21-9-6-5-7-10-21)14-15-25(27)29(34)35-30(2,3)4/h5-19H,1-4H3,(H,32,33). The lowest BCUT2D eigenvalue weighted by atomic mass is 9.99. The Bertz CT molecular complexity index is 1360. The van der Waals surface area contributed by atoms with Crippen molar-refractivity contribution in [3.05, 3.63) is 108 Å². The lowest BCUT2D eigenvalue weighted by Crippen LogP contribution is -2.25. The number of ether oxygens (including phenoxy) is 1. The average molecular weight is 465 g/mol. The lowest BCUT2D eigenvalue weighted by Gasteiger charge is -2.21. The summed E-state index contributed by atoms with van der Waals surface area (Å²) in [7, 11) is 0. The van der Waals surface area contributed by atoms with Crippen molar-refractivity contribution < 1.29 is 14.3 Å². The van der Waals surface area contributed by atoms with E-state index in [9.17, 15) is 9.59 Å². The van der Waals surface area contributed by atoms with Crippen LogP contribution in [0.3, 0.4) is 0 Å². The number of pyridine rings is 1. The quantitative estimate of drug-likeness (QED) is 0.325. The maximum atomic E-state index is 13.4. The van der Waals surface area contributed by atoms with Crippen molar-refractivity contribution in [2.45, 2.75) is 33.3 Å². The molecule has 1 N–H and O–H groups in total. The van der Waals surface area contributed by atoms with Gasteiger partial charge in [-0.25, -0.2) is 4.79 Å². The van der Waals surface area contributed by atoms with E-state index in [0.717, 1.165) is 27.8 Å². The Morgan fingerprint density at radius 2 is 1.46 bits per heavy atom. The number of carbonyl (C=O) groups is 2. The Kier molecular flexibility index (Phi) is 6.78. The van der Waals surface area contributed by atoms with Gasteiger partial charge in [-0.2, -0.15) is 0 Å². The first-order valence-electron chi connectivity index (χ1n) is 11.5. The number of esters is 1. The van der Waals surface area contributed by atoms with Crippen molar-refractivity contribution in [2.24, 2.45) is 0 Å². The summed E-state index contributed by atoms with van der Waals surface area (Å²) in [6.45, 7) is 7.33. The van der Waals surface area contributed by atoms with E-state index < -0.39 is 11.6 Å². The molecule has 1 aromatic heterocycles. The lowest BCUT2D eigenvalue weighted by molar-refractivity contribution is 0.00708. The first-order valence-corrected chi connectivity index (χ1v) is 11.5. The Labute approximate surface area is 205 Å². The molecule has 5 nitrogen and oxygen atoms in total. The van der Waals surface area contributed by atoms with Gasteiger partial charge in [0.1, 0.15) is 5.60 Å². The highest BCUT2D eigenvalue weighted by atomic mass is 16.6. The molecular formula is C30H28N2O3. The largest absolute Gasteiger partial charge is 0.456 e. The first kappa shape index (κ1) is 23.9. The molecule has 176 valence electrons. The van der Waals surface area contributed by atoms with Crippen LogP contribution in [0.15, 0.2) is 91.3 Å².